The van der Waals surface area contributed by atoms with E-state index < -0.39 is 0 Å². The van der Waals surface area contributed by atoms with Gasteiger partial charge in [0, 0.05) is 15.6 Å². The molecule has 1 fully saturated rings. The Morgan fingerprint density at radius 1 is 1.24 bits per heavy atom. The normalized spacial score (nSPS) is 33.7. The third kappa shape index (κ3) is 2.62. The molecule has 0 radical (unpaired) electrons. The Morgan fingerprint density at radius 3 is 2.59 bits per heavy atom. The Labute approximate surface area is 113 Å². The molecule has 94 valence electrons. The number of halogens is 2. The molecule has 1 aromatic rings. The maximum atomic E-state index is 6.56. The molecule has 1 saturated carbocycles. The van der Waals surface area contributed by atoms with E-state index in [9.17, 15) is 0 Å². The Morgan fingerprint density at radius 2 is 1.94 bits per heavy atom. The molecule has 1 aromatic carbocycles. The summed E-state index contributed by atoms with van der Waals surface area (Å²) in [5, 5.41) is 1.44. The van der Waals surface area contributed by atoms with Crippen molar-refractivity contribution in [1.82, 2.24) is 0 Å². The fourth-order valence-corrected chi connectivity index (χ4v) is 3.25. The minimum Gasteiger partial charge on any atom is -0.321 e. The van der Waals surface area contributed by atoms with Crippen molar-refractivity contribution in [2.45, 2.75) is 38.6 Å². The smallest absolute Gasteiger partial charge is 0.0457 e. The van der Waals surface area contributed by atoms with Crippen molar-refractivity contribution >= 4 is 23.2 Å². The zero-order valence-corrected chi connectivity index (χ0v) is 11.9. The van der Waals surface area contributed by atoms with Gasteiger partial charge in [-0.25, -0.2) is 0 Å². The van der Waals surface area contributed by atoms with Gasteiger partial charge in [-0.15, -0.1) is 0 Å². The lowest BCUT2D eigenvalue weighted by Crippen LogP contribution is -2.43. The number of nitrogens with two attached hydrogens (primary N) is 1. The standard InChI is InChI=1S/C14H19Cl2N/c1-9-5-6-14(17,8-10(9)2)12-7-11(15)3-4-13(12)16/h3-4,7,9-10H,5-6,8,17H2,1-2H3. The van der Waals surface area contributed by atoms with E-state index in [0.717, 1.165) is 35.8 Å². The summed E-state index contributed by atoms with van der Waals surface area (Å²) in [6.45, 7) is 4.56. The number of benzene rings is 1. The SMILES string of the molecule is CC1CCC(N)(c2cc(Cl)ccc2Cl)CC1C. The second-order valence-corrected chi connectivity index (χ2v) is 6.32. The molecule has 0 aliphatic heterocycles. The van der Waals surface area contributed by atoms with Crippen LogP contribution in [0.3, 0.4) is 0 Å². The Hall–Kier alpha value is -0.240. The van der Waals surface area contributed by atoms with Crippen LogP contribution < -0.4 is 5.73 Å². The van der Waals surface area contributed by atoms with Crippen molar-refractivity contribution in [3.05, 3.63) is 33.8 Å². The zero-order chi connectivity index (χ0) is 12.6. The fourth-order valence-electron chi connectivity index (χ4n) is 2.77. The fraction of sp³-hybridized carbons (Fsp3) is 0.571. The third-order valence-electron chi connectivity index (χ3n) is 4.17. The molecule has 1 nitrogen and oxygen atoms in total. The first-order valence-corrected chi connectivity index (χ1v) is 6.92. The van der Waals surface area contributed by atoms with Crippen LogP contribution in [0.1, 0.15) is 38.7 Å². The first-order chi connectivity index (χ1) is 7.92. The van der Waals surface area contributed by atoms with Crippen LogP contribution in [0.2, 0.25) is 10.0 Å². The van der Waals surface area contributed by atoms with Crippen LogP contribution in [0.4, 0.5) is 0 Å². The van der Waals surface area contributed by atoms with Gasteiger partial charge in [0.05, 0.1) is 0 Å². The molecule has 0 saturated heterocycles. The van der Waals surface area contributed by atoms with Crippen LogP contribution in [0.15, 0.2) is 18.2 Å². The second-order valence-electron chi connectivity index (χ2n) is 5.48. The predicted octanol–water partition coefficient (Wildman–Crippen LogP) is 4.60. The van der Waals surface area contributed by atoms with Gasteiger partial charge >= 0.3 is 0 Å². The van der Waals surface area contributed by atoms with Gasteiger partial charge in [0.25, 0.3) is 0 Å². The first-order valence-electron chi connectivity index (χ1n) is 6.17. The first kappa shape index (κ1) is 13.2. The minimum absolute atomic E-state index is 0.312. The average molecular weight is 272 g/mol. The van der Waals surface area contributed by atoms with Gasteiger partial charge in [0.15, 0.2) is 0 Å². The monoisotopic (exact) mass is 271 g/mol. The maximum absolute atomic E-state index is 6.56. The number of rotatable bonds is 1. The molecule has 2 N–H and O–H groups in total. The summed E-state index contributed by atoms with van der Waals surface area (Å²) >= 11 is 12.3. The van der Waals surface area contributed by atoms with E-state index in [0.29, 0.717) is 10.9 Å². The molecule has 2 rings (SSSR count). The molecule has 0 aromatic heterocycles. The molecule has 0 heterocycles. The highest BCUT2D eigenvalue weighted by atomic mass is 35.5. The van der Waals surface area contributed by atoms with E-state index in [1.54, 1.807) is 0 Å². The lowest BCUT2D eigenvalue weighted by molar-refractivity contribution is 0.177. The Kier molecular flexibility index (Phi) is 3.72. The molecular weight excluding hydrogens is 253 g/mol. The van der Waals surface area contributed by atoms with Gasteiger partial charge in [-0.2, -0.15) is 0 Å². The summed E-state index contributed by atoms with van der Waals surface area (Å²) in [4.78, 5) is 0. The van der Waals surface area contributed by atoms with Crippen LogP contribution in [0.25, 0.3) is 0 Å². The van der Waals surface area contributed by atoms with E-state index in [-0.39, 0.29) is 5.54 Å². The molecule has 17 heavy (non-hydrogen) atoms. The minimum atomic E-state index is -0.312. The van der Waals surface area contributed by atoms with Gasteiger partial charge in [0.2, 0.25) is 0 Å². The third-order valence-corrected chi connectivity index (χ3v) is 4.73. The molecule has 3 atom stereocenters. The molecule has 3 heteroatoms. The average Bonchev–Trinajstić information content (AvgIpc) is 2.27. The summed E-state index contributed by atoms with van der Waals surface area (Å²) in [5.74, 6) is 1.37. The van der Waals surface area contributed by atoms with Crippen molar-refractivity contribution in [2.24, 2.45) is 17.6 Å². The van der Waals surface area contributed by atoms with Crippen LogP contribution in [-0.4, -0.2) is 0 Å². The number of hydrogen-bond acceptors (Lipinski definition) is 1. The lowest BCUT2D eigenvalue weighted by atomic mass is 9.69. The highest BCUT2D eigenvalue weighted by molar-refractivity contribution is 6.33. The Bertz CT molecular complexity index is 419. The van der Waals surface area contributed by atoms with Crippen molar-refractivity contribution < 1.29 is 0 Å². The number of hydrogen-bond donors (Lipinski definition) is 1. The predicted molar refractivity (Wildman–Crippen MR) is 74.5 cm³/mol. The molecular formula is C14H19Cl2N. The largest absolute Gasteiger partial charge is 0.321 e. The van der Waals surface area contributed by atoms with E-state index in [1.165, 1.54) is 0 Å². The van der Waals surface area contributed by atoms with Crippen molar-refractivity contribution in [1.29, 1.82) is 0 Å². The summed E-state index contributed by atoms with van der Waals surface area (Å²) in [6, 6.07) is 5.58. The van der Waals surface area contributed by atoms with Crippen molar-refractivity contribution in [3.8, 4) is 0 Å². The maximum Gasteiger partial charge on any atom is 0.0457 e. The molecule has 0 spiro atoms. The second kappa shape index (κ2) is 4.79. The van der Waals surface area contributed by atoms with Gasteiger partial charge in [-0.1, -0.05) is 37.0 Å². The van der Waals surface area contributed by atoms with Crippen LogP contribution in [0.5, 0.6) is 0 Å². The molecule has 0 bridgehead atoms. The van der Waals surface area contributed by atoms with Gasteiger partial charge < -0.3 is 5.73 Å². The van der Waals surface area contributed by atoms with E-state index >= 15 is 0 Å². The topological polar surface area (TPSA) is 26.0 Å². The van der Waals surface area contributed by atoms with Gasteiger partial charge in [-0.3, -0.25) is 0 Å². The summed E-state index contributed by atoms with van der Waals surface area (Å²) in [6.07, 6.45) is 3.12. The van der Waals surface area contributed by atoms with E-state index in [2.05, 4.69) is 13.8 Å². The quantitative estimate of drug-likeness (QED) is 0.794. The van der Waals surface area contributed by atoms with Gasteiger partial charge in [0.1, 0.15) is 0 Å². The lowest BCUT2D eigenvalue weighted by Gasteiger charge is -2.41. The molecule has 0 amide bonds. The summed E-state index contributed by atoms with van der Waals surface area (Å²) in [5.41, 5.74) is 7.25. The van der Waals surface area contributed by atoms with Crippen molar-refractivity contribution in [2.75, 3.05) is 0 Å². The highest BCUT2D eigenvalue weighted by Crippen LogP contribution is 2.43. The van der Waals surface area contributed by atoms with Crippen molar-refractivity contribution in [3.63, 3.8) is 0 Å². The van der Waals surface area contributed by atoms with Crippen LogP contribution in [0, 0.1) is 11.8 Å². The Balaban J connectivity index is 2.35. The summed E-state index contributed by atoms with van der Waals surface area (Å²) < 4.78 is 0. The van der Waals surface area contributed by atoms with Crippen LogP contribution in [-0.2, 0) is 5.54 Å². The zero-order valence-electron chi connectivity index (χ0n) is 10.3. The van der Waals surface area contributed by atoms with E-state index in [1.807, 2.05) is 18.2 Å². The summed E-state index contributed by atoms with van der Waals surface area (Å²) in [7, 11) is 0. The van der Waals surface area contributed by atoms with Crippen LogP contribution >= 0.6 is 23.2 Å². The van der Waals surface area contributed by atoms with E-state index in [4.69, 9.17) is 28.9 Å². The van der Waals surface area contributed by atoms with Gasteiger partial charge in [-0.05, 0) is 54.9 Å². The molecule has 1 aliphatic rings. The molecule has 1 aliphatic carbocycles. The highest BCUT2D eigenvalue weighted by Gasteiger charge is 2.37. The molecule has 3 unspecified atom stereocenters.